The van der Waals surface area contributed by atoms with Crippen molar-refractivity contribution in [3.05, 3.63) is 0 Å². The molecular formula is C8H18ClN3O. The quantitative estimate of drug-likeness (QED) is 0.617. The van der Waals surface area contributed by atoms with Crippen LogP contribution in [0.25, 0.3) is 0 Å². The summed E-state index contributed by atoms with van der Waals surface area (Å²) in [7, 11) is 0. The van der Waals surface area contributed by atoms with Gasteiger partial charge in [0.25, 0.3) is 0 Å². The number of piperidine rings is 1. The van der Waals surface area contributed by atoms with E-state index in [-0.39, 0.29) is 18.4 Å². The van der Waals surface area contributed by atoms with Crippen molar-refractivity contribution in [1.29, 1.82) is 0 Å². The van der Waals surface area contributed by atoms with Gasteiger partial charge in [0, 0.05) is 12.6 Å². The summed E-state index contributed by atoms with van der Waals surface area (Å²) in [4.78, 5) is 11.1. The minimum absolute atomic E-state index is 0. The fourth-order valence-corrected chi connectivity index (χ4v) is 1.36. The number of halogens is 1. The minimum Gasteiger partial charge on any atom is -0.338 e. The molecule has 0 atom stereocenters. The Balaban J connectivity index is 0.00000144. The van der Waals surface area contributed by atoms with Gasteiger partial charge < -0.3 is 16.0 Å². The fourth-order valence-electron chi connectivity index (χ4n) is 1.36. The molecular weight excluding hydrogens is 190 g/mol. The van der Waals surface area contributed by atoms with Crippen LogP contribution in [0.2, 0.25) is 0 Å². The zero-order valence-corrected chi connectivity index (χ0v) is 8.75. The molecule has 1 rings (SSSR count). The van der Waals surface area contributed by atoms with E-state index in [9.17, 15) is 4.79 Å². The largest absolute Gasteiger partial charge is 0.338 e. The SMILES string of the molecule is CCNC(=O)NC1CCNCC1.Cl. The summed E-state index contributed by atoms with van der Waals surface area (Å²) in [5, 5.41) is 8.90. The third kappa shape index (κ3) is 4.95. The van der Waals surface area contributed by atoms with Crippen LogP contribution in [0.15, 0.2) is 0 Å². The Labute approximate surface area is 85.3 Å². The zero-order valence-electron chi connectivity index (χ0n) is 7.93. The summed E-state index contributed by atoms with van der Waals surface area (Å²) in [5.41, 5.74) is 0. The number of nitrogens with one attached hydrogen (secondary N) is 3. The molecule has 4 nitrogen and oxygen atoms in total. The van der Waals surface area contributed by atoms with Gasteiger partial charge >= 0.3 is 6.03 Å². The van der Waals surface area contributed by atoms with Crippen LogP contribution in [0.5, 0.6) is 0 Å². The van der Waals surface area contributed by atoms with Gasteiger partial charge in [-0.15, -0.1) is 12.4 Å². The Morgan fingerprint density at radius 3 is 2.62 bits per heavy atom. The van der Waals surface area contributed by atoms with Crippen molar-refractivity contribution in [3.8, 4) is 0 Å². The lowest BCUT2D eigenvalue weighted by atomic mass is 10.1. The number of rotatable bonds is 2. The predicted molar refractivity (Wildman–Crippen MR) is 55.3 cm³/mol. The van der Waals surface area contributed by atoms with Crippen LogP contribution in [0.4, 0.5) is 4.79 Å². The standard InChI is InChI=1S/C8H17N3O.ClH/c1-2-10-8(12)11-7-3-5-9-6-4-7;/h7,9H,2-6H2,1H3,(H2,10,11,12);1H. The van der Waals surface area contributed by atoms with Crippen molar-refractivity contribution in [2.45, 2.75) is 25.8 Å². The molecule has 0 bridgehead atoms. The van der Waals surface area contributed by atoms with Crippen molar-refractivity contribution in [2.24, 2.45) is 0 Å². The summed E-state index contributed by atoms with van der Waals surface area (Å²) >= 11 is 0. The monoisotopic (exact) mass is 207 g/mol. The summed E-state index contributed by atoms with van der Waals surface area (Å²) in [6, 6.07) is 0.321. The van der Waals surface area contributed by atoms with Crippen LogP contribution in [-0.2, 0) is 0 Å². The Hall–Kier alpha value is -0.480. The molecule has 0 radical (unpaired) electrons. The van der Waals surface area contributed by atoms with Crippen LogP contribution < -0.4 is 16.0 Å². The van der Waals surface area contributed by atoms with Gasteiger partial charge in [-0.25, -0.2) is 4.79 Å². The molecule has 0 aliphatic carbocycles. The highest BCUT2D eigenvalue weighted by Crippen LogP contribution is 2.00. The molecule has 1 saturated heterocycles. The number of carbonyl (C=O) groups excluding carboxylic acids is 1. The maximum absolute atomic E-state index is 11.1. The van der Waals surface area contributed by atoms with Crippen LogP contribution >= 0.6 is 12.4 Å². The Morgan fingerprint density at radius 2 is 2.08 bits per heavy atom. The highest BCUT2D eigenvalue weighted by molar-refractivity contribution is 5.85. The molecule has 3 N–H and O–H groups in total. The van der Waals surface area contributed by atoms with E-state index in [2.05, 4.69) is 16.0 Å². The van der Waals surface area contributed by atoms with E-state index in [4.69, 9.17) is 0 Å². The molecule has 13 heavy (non-hydrogen) atoms. The second-order valence-corrected chi connectivity index (χ2v) is 3.03. The van der Waals surface area contributed by atoms with Crippen LogP contribution in [0.3, 0.4) is 0 Å². The van der Waals surface area contributed by atoms with E-state index in [0.29, 0.717) is 12.6 Å². The average molecular weight is 208 g/mol. The fraction of sp³-hybridized carbons (Fsp3) is 0.875. The molecule has 2 amide bonds. The molecule has 1 fully saturated rings. The van der Waals surface area contributed by atoms with Gasteiger partial charge in [0.05, 0.1) is 0 Å². The Kier molecular flexibility index (Phi) is 6.72. The first-order valence-electron chi connectivity index (χ1n) is 4.58. The lowest BCUT2D eigenvalue weighted by Gasteiger charge is -2.23. The van der Waals surface area contributed by atoms with E-state index >= 15 is 0 Å². The summed E-state index contributed by atoms with van der Waals surface area (Å²) in [6.45, 7) is 4.63. The van der Waals surface area contributed by atoms with Crippen LogP contribution in [-0.4, -0.2) is 31.7 Å². The smallest absolute Gasteiger partial charge is 0.314 e. The molecule has 0 spiro atoms. The molecule has 78 valence electrons. The van der Waals surface area contributed by atoms with E-state index < -0.39 is 0 Å². The maximum atomic E-state index is 11.1. The molecule has 1 aliphatic heterocycles. The molecule has 0 aromatic rings. The highest BCUT2D eigenvalue weighted by Gasteiger charge is 2.14. The van der Waals surface area contributed by atoms with Crippen LogP contribution in [0, 0.1) is 0 Å². The van der Waals surface area contributed by atoms with Crippen molar-refractivity contribution in [3.63, 3.8) is 0 Å². The number of urea groups is 1. The number of hydrogen-bond donors (Lipinski definition) is 3. The first-order valence-corrected chi connectivity index (χ1v) is 4.58. The van der Waals surface area contributed by atoms with Crippen molar-refractivity contribution >= 4 is 18.4 Å². The van der Waals surface area contributed by atoms with E-state index in [1.54, 1.807) is 0 Å². The van der Waals surface area contributed by atoms with E-state index in [0.717, 1.165) is 25.9 Å². The molecule has 0 aromatic heterocycles. The van der Waals surface area contributed by atoms with Gasteiger partial charge in [-0.3, -0.25) is 0 Å². The highest BCUT2D eigenvalue weighted by atomic mass is 35.5. The Bertz CT molecular complexity index is 148. The second kappa shape index (κ2) is 6.97. The van der Waals surface area contributed by atoms with Gasteiger partial charge in [-0.1, -0.05) is 0 Å². The maximum Gasteiger partial charge on any atom is 0.314 e. The zero-order chi connectivity index (χ0) is 8.81. The topological polar surface area (TPSA) is 53.2 Å². The van der Waals surface area contributed by atoms with E-state index in [1.165, 1.54) is 0 Å². The van der Waals surface area contributed by atoms with Gasteiger partial charge in [0.15, 0.2) is 0 Å². The third-order valence-corrected chi connectivity index (χ3v) is 2.01. The third-order valence-electron chi connectivity index (χ3n) is 2.01. The molecule has 0 saturated carbocycles. The van der Waals surface area contributed by atoms with Gasteiger partial charge in [-0.05, 0) is 32.9 Å². The van der Waals surface area contributed by atoms with Crippen molar-refractivity contribution in [2.75, 3.05) is 19.6 Å². The lowest BCUT2D eigenvalue weighted by molar-refractivity contribution is 0.234. The number of amides is 2. The van der Waals surface area contributed by atoms with Crippen molar-refractivity contribution < 1.29 is 4.79 Å². The number of carbonyl (C=O) groups is 1. The molecule has 0 unspecified atom stereocenters. The summed E-state index contributed by atoms with van der Waals surface area (Å²) in [5.74, 6) is 0. The predicted octanol–water partition coefficient (Wildman–Crippen LogP) is 0.479. The molecule has 1 aliphatic rings. The number of hydrogen-bond acceptors (Lipinski definition) is 2. The lowest BCUT2D eigenvalue weighted by Crippen LogP contribution is -2.46. The normalized spacial score (nSPS) is 17.3. The first-order chi connectivity index (χ1) is 5.83. The summed E-state index contributed by atoms with van der Waals surface area (Å²) in [6.07, 6.45) is 2.08. The van der Waals surface area contributed by atoms with Crippen LogP contribution in [0.1, 0.15) is 19.8 Å². The van der Waals surface area contributed by atoms with Gasteiger partial charge in [0.1, 0.15) is 0 Å². The van der Waals surface area contributed by atoms with Crippen molar-refractivity contribution in [1.82, 2.24) is 16.0 Å². The summed E-state index contributed by atoms with van der Waals surface area (Å²) < 4.78 is 0. The van der Waals surface area contributed by atoms with Gasteiger partial charge in [-0.2, -0.15) is 0 Å². The first kappa shape index (κ1) is 12.5. The van der Waals surface area contributed by atoms with E-state index in [1.807, 2.05) is 6.92 Å². The Morgan fingerprint density at radius 1 is 1.46 bits per heavy atom. The molecule has 1 heterocycles. The van der Waals surface area contributed by atoms with Gasteiger partial charge in [0.2, 0.25) is 0 Å². The molecule has 5 heteroatoms. The second-order valence-electron chi connectivity index (χ2n) is 3.03. The molecule has 0 aromatic carbocycles. The average Bonchev–Trinajstić information content (AvgIpc) is 2.06. The minimum atomic E-state index is -0.0376.